The van der Waals surface area contributed by atoms with Crippen LogP contribution in [0, 0.1) is 0 Å². The zero-order chi connectivity index (χ0) is 14.4. The molecular weight excluding hydrogens is 246 g/mol. The minimum absolute atomic E-state index is 0.500. The highest BCUT2D eigenvalue weighted by Gasteiger charge is 2.10. The molecule has 0 fully saturated rings. The van der Waals surface area contributed by atoms with Crippen LogP contribution >= 0.6 is 0 Å². The number of benzene rings is 1. The quantitative estimate of drug-likeness (QED) is 0.819. The Bertz CT molecular complexity index is 523. The van der Waals surface area contributed by atoms with Gasteiger partial charge in [-0.2, -0.15) is 0 Å². The van der Waals surface area contributed by atoms with Gasteiger partial charge in [0, 0.05) is 43.1 Å². The van der Waals surface area contributed by atoms with Crippen LogP contribution in [0.3, 0.4) is 0 Å². The highest BCUT2D eigenvalue weighted by molar-refractivity contribution is 5.40. The molecule has 0 spiro atoms. The highest BCUT2D eigenvalue weighted by Crippen LogP contribution is 2.12. The summed E-state index contributed by atoms with van der Waals surface area (Å²) in [6, 6.07) is 14.7. The summed E-state index contributed by atoms with van der Waals surface area (Å²) >= 11 is 0. The van der Waals surface area contributed by atoms with Crippen molar-refractivity contribution in [2.45, 2.75) is 32.9 Å². The van der Waals surface area contributed by atoms with Crippen LogP contribution in [0.4, 0.5) is 5.69 Å². The molecule has 0 aliphatic rings. The van der Waals surface area contributed by atoms with Gasteiger partial charge in [-0.25, -0.2) is 0 Å². The summed E-state index contributed by atoms with van der Waals surface area (Å²) in [5.41, 5.74) is 9.08. The minimum Gasteiger partial charge on any atom is -0.399 e. The maximum Gasteiger partial charge on any atom is 0.0416 e. The zero-order valence-electron chi connectivity index (χ0n) is 12.3. The lowest BCUT2D eigenvalue weighted by Gasteiger charge is -2.26. The first-order valence-corrected chi connectivity index (χ1v) is 7.13. The average Bonchev–Trinajstić information content (AvgIpc) is 2.44. The van der Waals surface area contributed by atoms with Crippen LogP contribution in [0.5, 0.6) is 0 Å². The van der Waals surface area contributed by atoms with E-state index < -0.39 is 0 Å². The van der Waals surface area contributed by atoms with Crippen LogP contribution in [0.15, 0.2) is 48.7 Å². The smallest absolute Gasteiger partial charge is 0.0416 e. The van der Waals surface area contributed by atoms with E-state index in [-0.39, 0.29) is 0 Å². The van der Waals surface area contributed by atoms with Gasteiger partial charge in [0.05, 0.1) is 0 Å². The lowest BCUT2D eigenvalue weighted by molar-refractivity contribution is 0.215. The summed E-state index contributed by atoms with van der Waals surface area (Å²) in [6.07, 6.45) is 2.83. The van der Waals surface area contributed by atoms with E-state index in [9.17, 15) is 0 Å². The lowest BCUT2D eigenvalue weighted by Crippen LogP contribution is -2.32. The Balaban J connectivity index is 1.97. The molecule has 0 aliphatic heterocycles. The Labute approximate surface area is 121 Å². The largest absolute Gasteiger partial charge is 0.399 e. The van der Waals surface area contributed by atoms with E-state index in [0.717, 1.165) is 30.9 Å². The molecule has 0 atom stereocenters. The van der Waals surface area contributed by atoms with Crippen molar-refractivity contribution in [3.8, 4) is 0 Å². The van der Waals surface area contributed by atoms with Gasteiger partial charge >= 0.3 is 0 Å². The first-order valence-electron chi connectivity index (χ1n) is 7.13. The van der Waals surface area contributed by atoms with Crippen molar-refractivity contribution in [3.63, 3.8) is 0 Å². The van der Waals surface area contributed by atoms with E-state index in [0.29, 0.717) is 6.04 Å². The second-order valence-corrected chi connectivity index (χ2v) is 5.38. The monoisotopic (exact) mass is 269 g/mol. The van der Waals surface area contributed by atoms with Gasteiger partial charge in [0.15, 0.2) is 0 Å². The van der Waals surface area contributed by atoms with Crippen molar-refractivity contribution < 1.29 is 0 Å². The molecule has 3 heteroatoms. The average molecular weight is 269 g/mol. The molecule has 106 valence electrons. The summed E-state index contributed by atoms with van der Waals surface area (Å²) < 4.78 is 0. The van der Waals surface area contributed by atoms with Crippen molar-refractivity contribution in [1.29, 1.82) is 0 Å². The molecule has 1 aromatic heterocycles. The SMILES string of the molecule is CC(C)N(CCc1ccccn1)Cc1cccc(N)c1. The fourth-order valence-corrected chi connectivity index (χ4v) is 2.25. The first kappa shape index (κ1) is 14.5. The van der Waals surface area contributed by atoms with E-state index in [1.165, 1.54) is 5.56 Å². The molecule has 3 nitrogen and oxygen atoms in total. The maximum atomic E-state index is 5.85. The van der Waals surface area contributed by atoms with Crippen molar-refractivity contribution in [3.05, 3.63) is 59.9 Å². The number of nitrogen functional groups attached to an aromatic ring is 1. The van der Waals surface area contributed by atoms with Crippen LogP contribution in [-0.2, 0) is 13.0 Å². The Morgan fingerprint density at radius 2 is 2.00 bits per heavy atom. The first-order chi connectivity index (χ1) is 9.65. The van der Waals surface area contributed by atoms with Gasteiger partial charge in [-0.3, -0.25) is 9.88 Å². The number of aromatic nitrogens is 1. The standard InChI is InChI=1S/C17H23N3/c1-14(2)20(11-9-17-8-3-4-10-19-17)13-15-6-5-7-16(18)12-15/h3-8,10,12,14H,9,11,13,18H2,1-2H3. The molecule has 20 heavy (non-hydrogen) atoms. The zero-order valence-corrected chi connectivity index (χ0v) is 12.3. The Hall–Kier alpha value is -1.87. The van der Waals surface area contributed by atoms with Gasteiger partial charge in [-0.15, -0.1) is 0 Å². The molecule has 2 N–H and O–H groups in total. The highest BCUT2D eigenvalue weighted by atomic mass is 15.1. The van der Waals surface area contributed by atoms with Crippen LogP contribution in [0.25, 0.3) is 0 Å². The second kappa shape index (κ2) is 7.06. The van der Waals surface area contributed by atoms with E-state index in [1.807, 2.05) is 30.5 Å². The molecule has 0 unspecified atom stereocenters. The number of nitrogens with zero attached hydrogens (tertiary/aromatic N) is 2. The molecule has 0 aliphatic carbocycles. The van der Waals surface area contributed by atoms with Gasteiger partial charge in [0.1, 0.15) is 0 Å². The van der Waals surface area contributed by atoms with E-state index in [4.69, 9.17) is 5.73 Å². The van der Waals surface area contributed by atoms with Gasteiger partial charge in [-0.1, -0.05) is 18.2 Å². The molecule has 1 aromatic carbocycles. The number of hydrogen-bond acceptors (Lipinski definition) is 3. The van der Waals surface area contributed by atoms with Crippen LogP contribution in [-0.4, -0.2) is 22.5 Å². The van der Waals surface area contributed by atoms with Crippen LogP contribution < -0.4 is 5.73 Å². The maximum absolute atomic E-state index is 5.85. The summed E-state index contributed by atoms with van der Waals surface area (Å²) in [6.45, 7) is 6.38. The predicted octanol–water partition coefficient (Wildman–Crippen LogP) is 3.12. The summed E-state index contributed by atoms with van der Waals surface area (Å²) in [4.78, 5) is 6.83. The number of rotatable bonds is 6. The van der Waals surface area contributed by atoms with Crippen LogP contribution in [0.2, 0.25) is 0 Å². The molecule has 0 saturated carbocycles. The molecule has 1 heterocycles. The molecule has 0 radical (unpaired) electrons. The van der Waals surface area contributed by atoms with Crippen molar-refractivity contribution in [1.82, 2.24) is 9.88 Å². The van der Waals surface area contributed by atoms with Gasteiger partial charge in [-0.05, 0) is 43.7 Å². The molecule has 0 saturated heterocycles. The lowest BCUT2D eigenvalue weighted by atomic mass is 10.1. The van der Waals surface area contributed by atoms with Crippen molar-refractivity contribution in [2.75, 3.05) is 12.3 Å². The van der Waals surface area contributed by atoms with Crippen LogP contribution in [0.1, 0.15) is 25.1 Å². The molecule has 2 rings (SSSR count). The number of pyridine rings is 1. The van der Waals surface area contributed by atoms with E-state index >= 15 is 0 Å². The normalized spacial score (nSPS) is 11.2. The third kappa shape index (κ3) is 4.35. The van der Waals surface area contributed by atoms with Gasteiger partial charge in [0.25, 0.3) is 0 Å². The molecule has 0 bridgehead atoms. The molecule has 2 aromatic rings. The Kier molecular flexibility index (Phi) is 5.13. The van der Waals surface area contributed by atoms with Gasteiger partial charge < -0.3 is 5.73 Å². The fraction of sp³-hybridized carbons (Fsp3) is 0.353. The molecule has 0 amide bonds. The number of hydrogen-bond donors (Lipinski definition) is 1. The third-order valence-corrected chi connectivity index (χ3v) is 3.45. The molecular formula is C17H23N3. The third-order valence-electron chi connectivity index (χ3n) is 3.45. The topological polar surface area (TPSA) is 42.2 Å². The number of anilines is 1. The number of nitrogens with two attached hydrogens (primary N) is 1. The van der Waals surface area contributed by atoms with E-state index in [2.05, 4.69) is 41.9 Å². The van der Waals surface area contributed by atoms with Gasteiger partial charge in [0.2, 0.25) is 0 Å². The summed E-state index contributed by atoms with van der Waals surface area (Å²) in [5, 5.41) is 0. The van der Waals surface area contributed by atoms with Crippen molar-refractivity contribution >= 4 is 5.69 Å². The second-order valence-electron chi connectivity index (χ2n) is 5.38. The Morgan fingerprint density at radius 1 is 1.15 bits per heavy atom. The fourth-order valence-electron chi connectivity index (χ4n) is 2.25. The van der Waals surface area contributed by atoms with Crippen molar-refractivity contribution in [2.24, 2.45) is 0 Å². The minimum atomic E-state index is 0.500. The Morgan fingerprint density at radius 3 is 2.65 bits per heavy atom. The van der Waals surface area contributed by atoms with E-state index in [1.54, 1.807) is 0 Å². The summed E-state index contributed by atoms with van der Waals surface area (Å²) in [7, 11) is 0. The predicted molar refractivity (Wildman–Crippen MR) is 84.3 cm³/mol. The summed E-state index contributed by atoms with van der Waals surface area (Å²) in [5.74, 6) is 0.